The predicted octanol–water partition coefficient (Wildman–Crippen LogP) is 4.13. The van der Waals surface area contributed by atoms with Gasteiger partial charge in [0.2, 0.25) is 0 Å². The Hall–Kier alpha value is -1.43. The number of benzene rings is 1. The van der Waals surface area contributed by atoms with Gasteiger partial charge in [0.05, 0.1) is 0 Å². The van der Waals surface area contributed by atoms with Gasteiger partial charge >= 0.3 is 0 Å². The zero-order valence-corrected chi connectivity index (χ0v) is 9.84. The fourth-order valence-corrected chi connectivity index (χ4v) is 2.53. The van der Waals surface area contributed by atoms with Crippen LogP contribution in [-0.4, -0.2) is 0 Å². The number of nitrogens with zero attached hydrogens (tertiary/aromatic N) is 1. The second-order valence-electron chi connectivity index (χ2n) is 4.93. The highest BCUT2D eigenvalue weighted by molar-refractivity contribution is 5.36. The molecule has 3 heteroatoms. The Morgan fingerprint density at radius 2 is 1.65 bits per heavy atom. The van der Waals surface area contributed by atoms with Crippen molar-refractivity contribution < 1.29 is 8.78 Å². The summed E-state index contributed by atoms with van der Waals surface area (Å²) in [6.07, 6.45) is 4.17. The zero-order valence-electron chi connectivity index (χ0n) is 9.84. The quantitative estimate of drug-likeness (QED) is 0.718. The van der Waals surface area contributed by atoms with E-state index in [9.17, 15) is 8.78 Å². The van der Waals surface area contributed by atoms with E-state index in [0.29, 0.717) is 11.5 Å². The highest BCUT2D eigenvalue weighted by atomic mass is 19.1. The van der Waals surface area contributed by atoms with E-state index in [-0.39, 0.29) is 5.92 Å². The van der Waals surface area contributed by atoms with E-state index in [1.54, 1.807) is 6.07 Å². The molecule has 0 radical (unpaired) electrons. The summed E-state index contributed by atoms with van der Waals surface area (Å²) in [5, 5.41) is 8.61. The smallest absolute Gasteiger partial charge is 0.144 e. The normalized spacial score (nSPS) is 24.4. The number of halogens is 2. The molecule has 0 unspecified atom stereocenters. The lowest BCUT2D eigenvalue weighted by atomic mass is 9.79. The molecule has 0 aliphatic heterocycles. The van der Waals surface area contributed by atoms with Gasteiger partial charge in [-0.25, -0.2) is 8.78 Å². The summed E-state index contributed by atoms with van der Waals surface area (Å²) in [5.74, 6) is -0.524. The molecule has 0 aromatic heterocycles. The van der Waals surface area contributed by atoms with Gasteiger partial charge in [0.25, 0.3) is 0 Å². The van der Waals surface area contributed by atoms with Gasteiger partial charge in [-0.3, -0.25) is 0 Å². The minimum Gasteiger partial charge on any atom is -0.205 e. The van der Waals surface area contributed by atoms with Gasteiger partial charge in [0.1, 0.15) is 23.3 Å². The average Bonchev–Trinajstić information content (AvgIpc) is 2.29. The molecule has 0 atom stereocenters. The van der Waals surface area contributed by atoms with Crippen molar-refractivity contribution in [3.05, 3.63) is 34.9 Å². The maximum absolute atomic E-state index is 13.5. The van der Waals surface area contributed by atoms with E-state index in [2.05, 4.69) is 6.92 Å². The van der Waals surface area contributed by atoms with E-state index in [0.717, 1.165) is 25.7 Å². The minimum atomic E-state index is -0.735. The van der Waals surface area contributed by atoms with E-state index < -0.39 is 17.2 Å². The van der Waals surface area contributed by atoms with E-state index in [1.165, 1.54) is 12.1 Å². The Kier molecular flexibility index (Phi) is 3.42. The monoisotopic (exact) mass is 235 g/mol. The summed E-state index contributed by atoms with van der Waals surface area (Å²) < 4.78 is 27.0. The van der Waals surface area contributed by atoms with Crippen molar-refractivity contribution in [3.63, 3.8) is 0 Å². The van der Waals surface area contributed by atoms with Gasteiger partial charge in [-0.05, 0) is 42.4 Å². The van der Waals surface area contributed by atoms with Crippen molar-refractivity contribution in [1.82, 2.24) is 0 Å². The van der Waals surface area contributed by atoms with Crippen LogP contribution in [0.15, 0.2) is 12.1 Å². The van der Waals surface area contributed by atoms with Crippen LogP contribution in [0.4, 0.5) is 8.78 Å². The van der Waals surface area contributed by atoms with E-state index in [4.69, 9.17) is 5.26 Å². The molecule has 1 aromatic rings. The van der Waals surface area contributed by atoms with Crippen LogP contribution in [-0.2, 0) is 0 Å². The summed E-state index contributed by atoms with van der Waals surface area (Å²) in [6.45, 7) is 2.20. The molecule has 0 bridgehead atoms. The molecule has 1 aromatic carbocycles. The van der Waals surface area contributed by atoms with Crippen LogP contribution >= 0.6 is 0 Å². The van der Waals surface area contributed by atoms with Gasteiger partial charge < -0.3 is 0 Å². The third-order valence-corrected chi connectivity index (χ3v) is 3.66. The molecule has 90 valence electrons. The lowest BCUT2D eigenvalue weighted by Crippen LogP contribution is -2.11. The van der Waals surface area contributed by atoms with Crippen LogP contribution < -0.4 is 0 Å². The zero-order chi connectivity index (χ0) is 12.4. The molecule has 0 amide bonds. The first-order valence-corrected chi connectivity index (χ1v) is 6.01. The fourth-order valence-electron chi connectivity index (χ4n) is 2.53. The highest BCUT2D eigenvalue weighted by Gasteiger charge is 2.22. The Bertz CT molecular complexity index is 431. The summed E-state index contributed by atoms with van der Waals surface area (Å²) in [6, 6.07) is 4.19. The van der Waals surface area contributed by atoms with Crippen molar-refractivity contribution in [3.8, 4) is 6.07 Å². The van der Waals surface area contributed by atoms with Gasteiger partial charge in [0, 0.05) is 0 Å². The molecule has 1 aliphatic carbocycles. The molecule has 2 rings (SSSR count). The van der Waals surface area contributed by atoms with Crippen LogP contribution in [0.3, 0.4) is 0 Å². The summed E-state index contributed by atoms with van der Waals surface area (Å²) in [5.41, 5.74) is 0.226. The van der Waals surface area contributed by atoms with Gasteiger partial charge in [-0.2, -0.15) is 5.26 Å². The summed E-state index contributed by atoms with van der Waals surface area (Å²) in [7, 11) is 0. The molecule has 0 saturated heterocycles. The van der Waals surface area contributed by atoms with Gasteiger partial charge in [0.15, 0.2) is 0 Å². The van der Waals surface area contributed by atoms with Gasteiger partial charge in [-0.15, -0.1) is 0 Å². The second-order valence-corrected chi connectivity index (χ2v) is 4.93. The van der Waals surface area contributed by atoms with Crippen molar-refractivity contribution >= 4 is 0 Å². The second kappa shape index (κ2) is 4.83. The highest BCUT2D eigenvalue weighted by Crippen LogP contribution is 2.36. The van der Waals surface area contributed by atoms with E-state index in [1.807, 2.05) is 0 Å². The Morgan fingerprint density at radius 3 is 2.12 bits per heavy atom. The van der Waals surface area contributed by atoms with Crippen molar-refractivity contribution in [1.29, 1.82) is 5.26 Å². The van der Waals surface area contributed by atoms with Crippen LogP contribution in [0.25, 0.3) is 0 Å². The predicted molar refractivity (Wildman–Crippen MR) is 61.4 cm³/mol. The molecule has 0 N–H and O–H groups in total. The molecule has 1 nitrogen and oxygen atoms in total. The van der Waals surface area contributed by atoms with Crippen molar-refractivity contribution in [2.75, 3.05) is 0 Å². The number of rotatable bonds is 1. The number of hydrogen-bond acceptors (Lipinski definition) is 1. The third-order valence-electron chi connectivity index (χ3n) is 3.66. The Balaban J connectivity index is 2.26. The first-order chi connectivity index (χ1) is 8.11. The molecule has 1 saturated carbocycles. The number of hydrogen-bond donors (Lipinski definition) is 0. The molecule has 0 spiro atoms. The molecule has 1 fully saturated rings. The minimum absolute atomic E-state index is 0.239. The van der Waals surface area contributed by atoms with Crippen LogP contribution in [0.1, 0.15) is 49.7 Å². The first kappa shape index (κ1) is 12.0. The first-order valence-electron chi connectivity index (χ1n) is 6.01. The van der Waals surface area contributed by atoms with Crippen LogP contribution in [0.5, 0.6) is 0 Å². The molecule has 17 heavy (non-hydrogen) atoms. The third kappa shape index (κ3) is 2.46. The lowest BCUT2D eigenvalue weighted by Gasteiger charge is -2.26. The Labute approximate surface area is 100 Å². The lowest BCUT2D eigenvalue weighted by molar-refractivity contribution is 0.346. The van der Waals surface area contributed by atoms with Crippen LogP contribution in [0.2, 0.25) is 0 Å². The Morgan fingerprint density at radius 1 is 1.12 bits per heavy atom. The average molecular weight is 235 g/mol. The maximum Gasteiger partial charge on any atom is 0.144 e. The maximum atomic E-state index is 13.5. The molecular weight excluding hydrogens is 220 g/mol. The van der Waals surface area contributed by atoms with E-state index >= 15 is 0 Å². The largest absolute Gasteiger partial charge is 0.205 e. The molecule has 0 heterocycles. The summed E-state index contributed by atoms with van der Waals surface area (Å²) in [4.78, 5) is 0. The standard InChI is InChI=1S/C14H15F2N/c1-9-2-4-10(5-3-9)11-6-13(15)12(8-17)14(16)7-11/h6-7,9-10H,2-5H2,1H3. The molecular formula is C14H15F2N. The SMILES string of the molecule is CC1CCC(c2cc(F)c(C#N)c(F)c2)CC1. The van der Waals surface area contributed by atoms with Crippen molar-refractivity contribution in [2.24, 2.45) is 5.92 Å². The van der Waals surface area contributed by atoms with Gasteiger partial charge in [-0.1, -0.05) is 19.8 Å². The topological polar surface area (TPSA) is 23.8 Å². The van der Waals surface area contributed by atoms with Crippen molar-refractivity contribution in [2.45, 2.75) is 38.5 Å². The van der Waals surface area contributed by atoms with Crippen LogP contribution in [0, 0.1) is 28.9 Å². The molecule has 1 aliphatic rings. The fraction of sp³-hybridized carbons (Fsp3) is 0.500. The number of nitriles is 1. The summed E-state index contributed by atoms with van der Waals surface area (Å²) >= 11 is 0.